The van der Waals surface area contributed by atoms with E-state index in [1.165, 1.54) is 12.8 Å². The Kier molecular flexibility index (Phi) is 8.57. The van der Waals surface area contributed by atoms with Gasteiger partial charge in [0.05, 0.1) is 0 Å². The first-order valence-electron chi connectivity index (χ1n) is 4.27. The van der Waals surface area contributed by atoms with Gasteiger partial charge in [-0.25, -0.2) is 0 Å². The molecule has 0 saturated carbocycles. The van der Waals surface area contributed by atoms with E-state index in [1.807, 2.05) is 6.08 Å². The largest absolute Gasteiger partial charge is 0.0888 e. The van der Waals surface area contributed by atoms with Crippen molar-refractivity contribution in [1.82, 2.24) is 0 Å². The van der Waals surface area contributed by atoms with Crippen LogP contribution in [-0.4, -0.2) is 0 Å². The van der Waals surface area contributed by atoms with Crippen molar-refractivity contribution in [2.24, 2.45) is 0 Å². The summed E-state index contributed by atoms with van der Waals surface area (Å²) in [5, 5.41) is 0. The van der Waals surface area contributed by atoms with Gasteiger partial charge in [-0.2, -0.15) is 0 Å². The fourth-order valence-electron chi connectivity index (χ4n) is 0.813. The van der Waals surface area contributed by atoms with Crippen LogP contribution in [-0.2, 0) is 0 Å². The molecule has 0 aliphatic rings. The number of allylic oxidation sites excluding steroid dienone is 5. The third-order valence-electron chi connectivity index (χ3n) is 1.39. The topological polar surface area (TPSA) is 0 Å². The van der Waals surface area contributed by atoms with Crippen molar-refractivity contribution in [3.05, 3.63) is 37.0 Å². The summed E-state index contributed by atoms with van der Waals surface area (Å²) in [5.41, 5.74) is 0. The summed E-state index contributed by atoms with van der Waals surface area (Å²) in [5.74, 6) is 0. The van der Waals surface area contributed by atoms with Crippen LogP contribution in [0.25, 0.3) is 0 Å². The van der Waals surface area contributed by atoms with E-state index in [0.29, 0.717) is 0 Å². The molecule has 0 aliphatic carbocycles. The summed E-state index contributed by atoms with van der Waals surface area (Å²) >= 11 is 0. The first-order valence-corrected chi connectivity index (χ1v) is 4.27. The smallest absolute Gasteiger partial charge is 0.0345 e. The Bertz CT molecular complexity index is 129. The average molecular weight is 149 g/mol. The van der Waals surface area contributed by atoms with Gasteiger partial charge in [-0.3, -0.25) is 0 Å². The maximum atomic E-state index is 5.17. The fraction of sp³-hybridized carbons (Fsp3) is 0.455. The highest BCUT2D eigenvalue weighted by molar-refractivity contribution is 4.95. The minimum atomic E-state index is 1.13. The van der Waals surface area contributed by atoms with Crippen LogP contribution < -0.4 is 0 Å². The van der Waals surface area contributed by atoms with Gasteiger partial charge in [0.25, 0.3) is 0 Å². The summed E-state index contributed by atoms with van der Waals surface area (Å²) < 4.78 is 0. The molecular formula is C11H17. The van der Waals surface area contributed by atoms with E-state index < -0.39 is 0 Å². The van der Waals surface area contributed by atoms with Crippen molar-refractivity contribution in [2.45, 2.75) is 32.6 Å². The van der Waals surface area contributed by atoms with Crippen molar-refractivity contribution in [1.29, 1.82) is 0 Å². The lowest BCUT2D eigenvalue weighted by atomic mass is 10.2. The van der Waals surface area contributed by atoms with Crippen LogP contribution in [0.15, 0.2) is 30.4 Å². The Morgan fingerprint density at radius 3 is 2.45 bits per heavy atom. The van der Waals surface area contributed by atoms with Gasteiger partial charge in [-0.15, -0.1) is 0 Å². The highest BCUT2D eigenvalue weighted by atomic mass is 13.8. The highest BCUT2D eigenvalue weighted by Gasteiger charge is 1.78. The van der Waals surface area contributed by atoms with Gasteiger partial charge in [-0.05, 0) is 25.7 Å². The molecule has 0 saturated heterocycles. The Balaban J connectivity index is 3.08. The number of hydrogen-bond acceptors (Lipinski definition) is 0. The molecule has 0 nitrogen and oxygen atoms in total. The molecule has 0 N–H and O–H groups in total. The van der Waals surface area contributed by atoms with Crippen LogP contribution in [0.1, 0.15) is 32.6 Å². The monoisotopic (exact) mass is 149 g/mol. The van der Waals surface area contributed by atoms with Gasteiger partial charge in [0, 0.05) is 0 Å². The maximum Gasteiger partial charge on any atom is -0.0345 e. The Labute approximate surface area is 70.3 Å². The van der Waals surface area contributed by atoms with Crippen LogP contribution in [0.2, 0.25) is 0 Å². The SMILES string of the molecule is [CH]=CC=CCCCC=CCC. The predicted octanol–water partition coefficient (Wildman–Crippen LogP) is 3.67. The van der Waals surface area contributed by atoms with E-state index in [-0.39, 0.29) is 0 Å². The summed E-state index contributed by atoms with van der Waals surface area (Å²) in [6.45, 7) is 7.32. The van der Waals surface area contributed by atoms with E-state index >= 15 is 0 Å². The molecule has 0 aliphatic heterocycles. The van der Waals surface area contributed by atoms with E-state index in [4.69, 9.17) is 6.58 Å². The zero-order valence-electron chi connectivity index (χ0n) is 7.29. The Hall–Kier alpha value is -0.780. The summed E-state index contributed by atoms with van der Waals surface area (Å²) in [6, 6.07) is 0. The van der Waals surface area contributed by atoms with Crippen molar-refractivity contribution in [3.63, 3.8) is 0 Å². The maximum absolute atomic E-state index is 5.17. The number of hydrogen-bond donors (Lipinski definition) is 0. The molecule has 0 aromatic carbocycles. The van der Waals surface area contributed by atoms with Crippen LogP contribution in [0, 0.1) is 6.58 Å². The van der Waals surface area contributed by atoms with Crippen molar-refractivity contribution < 1.29 is 0 Å². The molecule has 0 heteroatoms. The molecule has 0 atom stereocenters. The average Bonchev–Trinajstić information content (AvgIpc) is 2.03. The zero-order chi connectivity index (χ0) is 8.36. The number of rotatable bonds is 6. The quantitative estimate of drug-likeness (QED) is 0.307. The lowest BCUT2D eigenvalue weighted by Crippen LogP contribution is -1.68. The Morgan fingerprint density at radius 2 is 1.82 bits per heavy atom. The van der Waals surface area contributed by atoms with Gasteiger partial charge in [0.15, 0.2) is 0 Å². The summed E-state index contributed by atoms with van der Waals surface area (Å²) in [6.07, 6.45) is 14.7. The summed E-state index contributed by atoms with van der Waals surface area (Å²) in [4.78, 5) is 0. The van der Waals surface area contributed by atoms with Crippen molar-refractivity contribution in [2.75, 3.05) is 0 Å². The number of unbranched alkanes of at least 4 members (excludes halogenated alkanes) is 2. The summed E-state index contributed by atoms with van der Waals surface area (Å²) in [7, 11) is 0. The van der Waals surface area contributed by atoms with Crippen LogP contribution >= 0.6 is 0 Å². The van der Waals surface area contributed by atoms with E-state index in [9.17, 15) is 0 Å². The van der Waals surface area contributed by atoms with Gasteiger partial charge in [0.1, 0.15) is 0 Å². The molecule has 0 amide bonds. The zero-order valence-corrected chi connectivity index (χ0v) is 7.29. The molecule has 0 bridgehead atoms. The molecule has 0 aromatic rings. The van der Waals surface area contributed by atoms with Crippen LogP contribution in [0.5, 0.6) is 0 Å². The first kappa shape index (κ1) is 10.2. The molecular weight excluding hydrogens is 132 g/mol. The molecule has 0 heterocycles. The second-order valence-corrected chi connectivity index (χ2v) is 2.43. The molecule has 11 heavy (non-hydrogen) atoms. The van der Waals surface area contributed by atoms with Crippen LogP contribution in [0.3, 0.4) is 0 Å². The molecule has 0 spiro atoms. The van der Waals surface area contributed by atoms with E-state index in [1.54, 1.807) is 6.08 Å². The third kappa shape index (κ3) is 9.22. The third-order valence-corrected chi connectivity index (χ3v) is 1.39. The molecule has 0 aromatic heterocycles. The molecule has 1 radical (unpaired) electrons. The highest BCUT2D eigenvalue weighted by Crippen LogP contribution is 1.98. The molecule has 0 unspecified atom stereocenters. The van der Waals surface area contributed by atoms with Gasteiger partial charge in [-0.1, -0.05) is 43.9 Å². The van der Waals surface area contributed by atoms with Gasteiger partial charge < -0.3 is 0 Å². The Morgan fingerprint density at radius 1 is 1.09 bits per heavy atom. The molecule has 0 rings (SSSR count). The predicted molar refractivity (Wildman–Crippen MR) is 51.3 cm³/mol. The lowest BCUT2D eigenvalue weighted by Gasteiger charge is -1.88. The minimum absolute atomic E-state index is 1.13. The van der Waals surface area contributed by atoms with E-state index in [2.05, 4.69) is 25.2 Å². The first-order chi connectivity index (χ1) is 5.41. The van der Waals surface area contributed by atoms with Gasteiger partial charge >= 0.3 is 0 Å². The second-order valence-electron chi connectivity index (χ2n) is 2.43. The lowest BCUT2D eigenvalue weighted by molar-refractivity contribution is 0.865. The normalized spacial score (nSPS) is 11.4. The van der Waals surface area contributed by atoms with Crippen molar-refractivity contribution in [3.8, 4) is 0 Å². The molecule has 61 valence electrons. The van der Waals surface area contributed by atoms with Crippen LogP contribution in [0.4, 0.5) is 0 Å². The van der Waals surface area contributed by atoms with E-state index in [0.717, 1.165) is 12.8 Å². The molecule has 0 fully saturated rings. The van der Waals surface area contributed by atoms with Gasteiger partial charge in [0.2, 0.25) is 0 Å². The standard InChI is InChI=1S/C11H17/c1-3-5-7-9-11-10-8-6-4-2/h1,3,5-8H,4,9-11H2,2H3. The minimum Gasteiger partial charge on any atom is -0.0888 e. The van der Waals surface area contributed by atoms with Crippen molar-refractivity contribution >= 4 is 0 Å². The fourth-order valence-corrected chi connectivity index (χ4v) is 0.813. The second kappa shape index (κ2) is 9.22.